The van der Waals surface area contributed by atoms with Crippen LogP contribution in [0.25, 0.3) is 10.8 Å². The second-order valence-electron chi connectivity index (χ2n) is 9.24. The maximum absolute atomic E-state index is 14.7. The van der Waals surface area contributed by atoms with Gasteiger partial charge < -0.3 is 24.3 Å². The van der Waals surface area contributed by atoms with E-state index in [2.05, 4.69) is 50.4 Å². The van der Waals surface area contributed by atoms with E-state index < -0.39 is 19.3 Å². The Hall–Kier alpha value is -3.86. The highest BCUT2D eigenvalue weighted by Crippen LogP contribution is 2.34. The first-order valence-electron chi connectivity index (χ1n) is 13.7. The molecule has 11 heteroatoms. The highest BCUT2D eigenvalue weighted by molar-refractivity contribution is 5.92. The van der Waals surface area contributed by atoms with Crippen molar-refractivity contribution in [3.05, 3.63) is 54.9 Å². The molecule has 0 bridgehead atoms. The van der Waals surface area contributed by atoms with Gasteiger partial charge in [0.25, 0.3) is 0 Å². The molecule has 1 aliphatic heterocycles. The SMILES string of the molecule is [2H]C([2H])([2H])O[C@H]1CCN(c2nccc(Nc3cc4c(C(C)C)ccc(OCCn5cnnc5)c4cn3)n2)C[C@H]1F. The van der Waals surface area contributed by atoms with Crippen molar-refractivity contribution >= 4 is 28.4 Å². The van der Waals surface area contributed by atoms with Gasteiger partial charge in [0.05, 0.1) is 23.3 Å². The highest BCUT2D eigenvalue weighted by atomic mass is 19.1. The average molecular weight is 510 g/mol. The molecule has 5 rings (SSSR count). The Morgan fingerprint density at radius 3 is 2.81 bits per heavy atom. The van der Waals surface area contributed by atoms with Crippen LogP contribution in [0.3, 0.4) is 0 Å². The van der Waals surface area contributed by atoms with Crippen LogP contribution in [-0.2, 0) is 11.3 Å². The van der Waals surface area contributed by atoms with Gasteiger partial charge in [-0.05, 0) is 41.5 Å². The Labute approximate surface area is 219 Å². The fourth-order valence-corrected chi connectivity index (χ4v) is 4.43. The lowest BCUT2D eigenvalue weighted by atomic mass is 9.96. The molecule has 1 aliphatic rings. The number of benzene rings is 1. The number of ether oxygens (including phenoxy) is 2. The molecule has 37 heavy (non-hydrogen) atoms. The van der Waals surface area contributed by atoms with Crippen molar-refractivity contribution in [2.75, 3.05) is 37.0 Å². The summed E-state index contributed by atoms with van der Waals surface area (Å²) in [6.07, 6.45) is 4.42. The zero-order valence-electron chi connectivity index (χ0n) is 23.7. The van der Waals surface area contributed by atoms with Gasteiger partial charge >= 0.3 is 0 Å². The Kier molecular flexibility index (Phi) is 6.34. The summed E-state index contributed by atoms with van der Waals surface area (Å²) >= 11 is 0. The number of hydrogen-bond acceptors (Lipinski definition) is 9. The van der Waals surface area contributed by atoms with Crippen LogP contribution in [0.15, 0.2) is 49.3 Å². The molecule has 4 aromatic rings. The van der Waals surface area contributed by atoms with Crippen molar-refractivity contribution in [2.45, 2.75) is 45.0 Å². The Bertz CT molecular complexity index is 1440. The number of fused-ring (bicyclic) bond motifs is 1. The lowest BCUT2D eigenvalue weighted by molar-refractivity contribution is 0.0194. The van der Waals surface area contributed by atoms with E-state index in [4.69, 9.17) is 13.6 Å². The van der Waals surface area contributed by atoms with Gasteiger partial charge in [-0.25, -0.2) is 14.4 Å². The minimum Gasteiger partial charge on any atom is -0.491 e. The summed E-state index contributed by atoms with van der Waals surface area (Å²) in [5.74, 6) is 2.45. The number of alkyl halides is 1. The quantitative estimate of drug-likeness (QED) is 0.357. The first kappa shape index (κ1) is 21.2. The number of rotatable bonds is 9. The van der Waals surface area contributed by atoms with Crippen molar-refractivity contribution in [2.24, 2.45) is 0 Å². The van der Waals surface area contributed by atoms with Gasteiger partial charge in [0.15, 0.2) is 0 Å². The topological polar surface area (TPSA) is 103 Å². The number of methoxy groups -OCH3 is 1. The molecule has 1 fully saturated rings. The molecule has 10 nitrogen and oxygen atoms in total. The van der Waals surface area contributed by atoms with Gasteiger partial charge in [-0.1, -0.05) is 19.9 Å². The number of pyridine rings is 1. The molecule has 0 radical (unpaired) electrons. The fraction of sp³-hybridized carbons (Fsp3) is 0.423. The summed E-state index contributed by atoms with van der Waals surface area (Å²) < 4.78 is 49.2. The molecule has 0 unspecified atom stereocenters. The van der Waals surface area contributed by atoms with Crippen molar-refractivity contribution in [1.82, 2.24) is 29.7 Å². The van der Waals surface area contributed by atoms with Crippen LogP contribution in [0.4, 0.5) is 22.0 Å². The number of hydrogen-bond donors (Lipinski definition) is 1. The number of aromatic nitrogens is 6. The minimum absolute atomic E-state index is 0.0592. The molecule has 1 N–H and O–H groups in total. The third-order valence-corrected chi connectivity index (χ3v) is 6.41. The summed E-state index contributed by atoms with van der Waals surface area (Å²) in [6.45, 7) is 5.66. The van der Waals surface area contributed by atoms with E-state index in [0.717, 1.165) is 22.1 Å². The average Bonchev–Trinajstić information content (AvgIpc) is 3.43. The molecule has 1 aromatic carbocycles. The van der Waals surface area contributed by atoms with Crippen molar-refractivity contribution in [3.8, 4) is 5.75 Å². The largest absolute Gasteiger partial charge is 0.491 e. The maximum Gasteiger partial charge on any atom is 0.227 e. The molecule has 4 heterocycles. The molecule has 0 aliphatic carbocycles. The van der Waals surface area contributed by atoms with Gasteiger partial charge in [0, 0.05) is 31.4 Å². The van der Waals surface area contributed by atoms with E-state index in [1.54, 1.807) is 36.0 Å². The predicted octanol–water partition coefficient (Wildman–Crippen LogP) is 4.13. The Balaban J connectivity index is 1.32. The maximum atomic E-state index is 14.7. The van der Waals surface area contributed by atoms with Crippen molar-refractivity contribution in [1.29, 1.82) is 0 Å². The van der Waals surface area contributed by atoms with Crippen LogP contribution in [0.1, 0.15) is 35.9 Å². The zero-order chi connectivity index (χ0) is 28.3. The molecule has 0 amide bonds. The molecule has 194 valence electrons. The number of piperidine rings is 1. The van der Waals surface area contributed by atoms with Gasteiger partial charge in [0.1, 0.15) is 42.8 Å². The lowest BCUT2D eigenvalue weighted by Gasteiger charge is -2.33. The van der Waals surface area contributed by atoms with Crippen LogP contribution in [0, 0.1) is 0 Å². The Morgan fingerprint density at radius 2 is 2.03 bits per heavy atom. The van der Waals surface area contributed by atoms with Gasteiger partial charge in [-0.15, -0.1) is 10.2 Å². The second-order valence-corrected chi connectivity index (χ2v) is 9.24. The molecule has 0 saturated carbocycles. The highest BCUT2D eigenvalue weighted by Gasteiger charge is 2.30. The van der Waals surface area contributed by atoms with Crippen LogP contribution >= 0.6 is 0 Å². The third-order valence-electron chi connectivity index (χ3n) is 6.41. The van der Waals surface area contributed by atoms with Gasteiger partial charge in [0.2, 0.25) is 5.95 Å². The van der Waals surface area contributed by atoms with Gasteiger partial charge in [-0.2, -0.15) is 4.98 Å². The molecular formula is C26H31FN8O2. The predicted molar refractivity (Wildman–Crippen MR) is 139 cm³/mol. The summed E-state index contributed by atoms with van der Waals surface area (Å²) in [6, 6.07) is 7.72. The van der Waals surface area contributed by atoms with E-state index in [-0.39, 0.29) is 18.9 Å². The molecular weight excluding hydrogens is 475 g/mol. The van der Waals surface area contributed by atoms with Crippen molar-refractivity contribution < 1.29 is 18.0 Å². The fourth-order valence-electron chi connectivity index (χ4n) is 4.43. The standard InChI is InChI=1S/C26H31FN8O2/c1-17(2)18-4-5-22(37-11-10-34-15-30-31-16-34)20-13-29-25(12-19(18)20)32-24-6-8-28-26(33-24)35-9-7-23(36-3)21(27)14-35/h4-6,8,12-13,15-17,21,23H,7,9-11,14H2,1-3H3,(H,28,29,32,33)/t21-,23+/m1/s1/i3D3. The third kappa shape index (κ3) is 5.61. The normalized spacial score (nSPS) is 19.5. The van der Waals surface area contributed by atoms with Gasteiger partial charge in [-0.3, -0.25) is 0 Å². The first-order chi connectivity index (χ1) is 19.2. The van der Waals surface area contributed by atoms with E-state index in [1.165, 1.54) is 0 Å². The van der Waals surface area contributed by atoms with E-state index in [0.29, 0.717) is 37.3 Å². The summed E-state index contributed by atoms with van der Waals surface area (Å²) in [5, 5.41) is 12.8. The van der Waals surface area contributed by atoms with Crippen LogP contribution in [0.5, 0.6) is 5.75 Å². The molecule has 3 aromatic heterocycles. The molecule has 0 spiro atoms. The molecule has 2 atom stereocenters. The zero-order valence-corrected chi connectivity index (χ0v) is 20.7. The van der Waals surface area contributed by atoms with Crippen LogP contribution < -0.4 is 15.0 Å². The van der Waals surface area contributed by atoms with E-state index in [1.807, 2.05) is 16.7 Å². The number of nitrogens with zero attached hydrogens (tertiary/aromatic N) is 7. The number of halogens is 1. The smallest absolute Gasteiger partial charge is 0.227 e. The summed E-state index contributed by atoms with van der Waals surface area (Å²) in [4.78, 5) is 15.1. The van der Waals surface area contributed by atoms with Crippen LogP contribution in [0.2, 0.25) is 0 Å². The second kappa shape index (κ2) is 11.0. The lowest BCUT2D eigenvalue weighted by Crippen LogP contribution is -2.46. The van der Waals surface area contributed by atoms with E-state index in [9.17, 15) is 4.39 Å². The molecule has 1 saturated heterocycles. The first-order valence-corrected chi connectivity index (χ1v) is 12.2. The van der Waals surface area contributed by atoms with Crippen LogP contribution in [-0.4, -0.2) is 68.7 Å². The minimum atomic E-state index is -2.63. The van der Waals surface area contributed by atoms with E-state index >= 15 is 0 Å². The Morgan fingerprint density at radius 1 is 1.16 bits per heavy atom. The number of nitrogens with one attached hydrogen (secondary N) is 1. The monoisotopic (exact) mass is 509 g/mol. The summed E-state index contributed by atoms with van der Waals surface area (Å²) in [5.41, 5.74) is 1.16. The summed E-state index contributed by atoms with van der Waals surface area (Å²) in [7, 11) is -2.63. The van der Waals surface area contributed by atoms with Crippen molar-refractivity contribution in [3.63, 3.8) is 0 Å². The number of anilines is 3.